The average molecular weight is 590 g/mol. The summed E-state index contributed by atoms with van der Waals surface area (Å²) >= 11 is 0. The first-order valence-corrected chi connectivity index (χ1v) is 14.6. The van der Waals surface area contributed by atoms with Gasteiger partial charge in [0.15, 0.2) is 0 Å². The number of anilines is 1. The van der Waals surface area contributed by atoms with Crippen LogP contribution in [-0.2, 0) is 32.3 Å². The van der Waals surface area contributed by atoms with E-state index in [-0.39, 0.29) is 23.2 Å². The Morgan fingerprint density at radius 1 is 0.927 bits per heavy atom. The van der Waals surface area contributed by atoms with E-state index >= 15 is 0 Å². The number of rotatable bonds is 11. The van der Waals surface area contributed by atoms with Crippen molar-refractivity contribution in [3.8, 4) is 0 Å². The SMILES string of the molecule is CCC(C)NC(=O)C(C)N(Cc1ccc(C)cc1)C(=O)CN(c1cccc(C(F)(F)F)c1)S(=O)(=O)c1ccccc1. The highest BCUT2D eigenvalue weighted by molar-refractivity contribution is 7.92. The van der Waals surface area contributed by atoms with Crippen LogP contribution in [0.3, 0.4) is 0 Å². The summed E-state index contributed by atoms with van der Waals surface area (Å²) in [4.78, 5) is 28.0. The fourth-order valence-corrected chi connectivity index (χ4v) is 5.45. The number of benzene rings is 3. The van der Waals surface area contributed by atoms with E-state index in [2.05, 4.69) is 5.32 Å². The number of nitrogens with one attached hydrogen (secondary N) is 1. The summed E-state index contributed by atoms with van der Waals surface area (Å²) in [7, 11) is -4.47. The highest BCUT2D eigenvalue weighted by Gasteiger charge is 2.35. The molecule has 0 saturated heterocycles. The normalized spacial score (nSPS) is 13.2. The lowest BCUT2D eigenvalue weighted by Gasteiger charge is -2.32. The molecular formula is C30H34F3N3O4S. The second-order valence-electron chi connectivity index (χ2n) is 9.87. The third-order valence-electron chi connectivity index (χ3n) is 6.71. The summed E-state index contributed by atoms with van der Waals surface area (Å²) in [6.07, 6.45) is -4.08. The van der Waals surface area contributed by atoms with Crippen molar-refractivity contribution in [3.05, 3.63) is 95.6 Å². The first-order valence-electron chi connectivity index (χ1n) is 13.1. The number of carbonyl (C=O) groups is 2. The molecule has 0 saturated carbocycles. The third kappa shape index (κ3) is 8.09. The van der Waals surface area contributed by atoms with Gasteiger partial charge in [-0.15, -0.1) is 0 Å². The largest absolute Gasteiger partial charge is 0.416 e. The van der Waals surface area contributed by atoms with Crippen molar-refractivity contribution in [2.75, 3.05) is 10.8 Å². The van der Waals surface area contributed by atoms with Gasteiger partial charge < -0.3 is 10.2 Å². The van der Waals surface area contributed by atoms with Gasteiger partial charge in [-0.3, -0.25) is 13.9 Å². The maximum absolute atomic E-state index is 13.9. The molecule has 0 aliphatic rings. The van der Waals surface area contributed by atoms with Crippen molar-refractivity contribution < 1.29 is 31.2 Å². The minimum atomic E-state index is -4.73. The number of carbonyl (C=O) groups excluding carboxylic acids is 2. The van der Waals surface area contributed by atoms with Gasteiger partial charge in [0.25, 0.3) is 10.0 Å². The first kappa shape index (κ1) is 31.7. The lowest BCUT2D eigenvalue weighted by molar-refractivity contribution is -0.139. The molecule has 0 bridgehead atoms. The van der Waals surface area contributed by atoms with E-state index in [0.717, 1.165) is 17.7 Å². The van der Waals surface area contributed by atoms with Crippen LogP contribution < -0.4 is 9.62 Å². The van der Waals surface area contributed by atoms with Crippen LogP contribution in [0, 0.1) is 6.92 Å². The Bertz CT molecular complexity index is 1450. The fraction of sp³-hybridized carbons (Fsp3) is 0.333. The molecule has 0 aromatic heterocycles. The Morgan fingerprint density at radius 2 is 1.56 bits per heavy atom. The number of halogens is 3. The van der Waals surface area contributed by atoms with E-state index in [0.29, 0.717) is 22.4 Å². The van der Waals surface area contributed by atoms with Gasteiger partial charge in [0, 0.05) is 12.6 Å². The Balaban J connectivity index is 2.07. The Labute approximate surface area is 239 Å². The lowest BCUT2D eigenvalue weighted by atomic mass is 10.1. The Kier molecular flexibility index (Phi) is 10.2. The van der Waals surface area contributed by atoms with Gasteiger partial charge >= 0.3 is 6.18 Å². The zero-order valence-corrected chi connectivity index (χ0v) is 24.2. The van der Waals surface area contributed by atoms with Crippen LogP contribution in [0.5, 0.6) is 0 Å². The number of nitrogens with zero attached hydrogens (tertiary/aromatic N) is 2. The van der Waals surface area contributed by atoms with Crippen LogP contribution in [0.1, 0.15) is 43.9 Å². The summed E-state index contributed by atoms with van der Waals surface area (Å²) in [5.74, 6) is -1.19. The highest BCUT2D eigenvalue weighted by atomic mass is 32.2. The summed E-state index contributed by atoms with van der Waals surface area (Å²) in [6, 6.07) is 17.1. The van der Waals surface area contributed by atoms with E-state index < -0.39 is 46.2 Å². The zero-order chi connectivity index (χ0) is 30.4. The van der Waals surface area contributed by atoms with Gasteiger partial charge in [-0.25, -0.2) is 8.42 Å². The summed E-state index contributed by atoms with van der Waals surface area (Å²) < 4.78 is 68.8. The number of hydrogen-bond donors (Lipinski definition) is 1. The molecule has 2 atom stereocenters. The zero-order valence-electron chi connectivity index (χ0n) is 23.4. The van der Waals surface area contributed by atoms with Crippen molar-refractivity contribution in [1.82, 2.24) is 10.2 Å². The van der Waals surface area contributed by atoms with Crippen molar-refractivity contribution in [2.45, 2.75) is 63.8 Å². The quantitative estimate of drug-likeness (QED) is 0.318. The standard InChI is InChI=1S/C30H34F3N3O4S/c1-5-22(3)34-29(38)23(4)35(19-24-16-14-21(2)15-17-24)28(37)20-36(41(39,40)27-12-7-6-8-13-27)26-11-9-10-25(18-26)30(31,32)33/h6-18,22-23H,5,19-20H2,1-4H3,(H,34,38). The number of aryl methyl sites for hydroxylation is 1. The molecule has 41 heavy (non-hydrogen) atoms. The molecule has 3 aromatic carbocycles. The van der Waals surface area contributed by atoms with Gasteiger partial charge in [0.05, 0.1) is 16.1 Å². The average Bonchev–Trinajstić information content (AvgIpc) is 2.95. The molecule has 11 heteroatoms. The number of hydrogen-bond acceptors (Lipinski definition) is 4. The predicted molar refractivity (Wildman–Crippen MR) is 152 cm³/mol. The molecule has 7 nitrogen and oxygen atoms in total. The highest BCUT2D eigenvalue weighted by Crippen LogP contribution is 2.33. The van der Waals surface area contributed by atoms with Crippen LogP contribution in [0.4, 0.5) is 18.9 Å². The van der Waals surface area contributed by atoms with Gasteiger partial charge in [0.1, 0.15) is 12.6 Å². The van der Waals surface area contributed by atoms with Crippen LogP contribution in [0.25, 0.3) is 0 Å². The second kappa shape index (κ2) is 13.2. The van der Waals surface area contributed by atoms with E-state index in [1.807, 2.05) is 32.9 Å². The monoisotopic (exact) mass is 589 g/mol. The molecule has 0 radical (unpaired) electrons. The molecule has 2 unspecified atom stereocenters. The topological polar surface area (TPSA) is 86.8 Å². The van der Waals surface area contributed by atoms with Crippen LogP contribution in [0.15, 0.2) is 83.8 Å². The van der Waals surface area contributed by atoms with Gasteiger partial charge in [-0.2, -0.15) is 13.2 Å². The second-order valence-corrected chi connectivity index (χ2v) is 11.7. The minimum Gasteiger partial charge on any atom is -0.352 e. The molecule has 0 heterocycles. The predicted octanol–water partition coefficient (Wildman–Crippen LogP) is 5.54. The van der Waals surface area contributed by atoms with Crippen molar-refractivity contribution >= 4 is 27.5 Å². The smallest absolute Gasteiger partial charge is 0.352 e. The van der Waals surface area contributed by atoms with Crippen molar-refractivity contribution in [3.63, 3.8) is 0 Å². The molecule has 0 fully saturated rings. The van der Waals surface area contributed by atoms with Gasteiger partial charge in [0.2, 0.25) is 11.8 Å². The molecule has 2 amide bonds. The summed E-state index contributed by atoms with van der Waals surface area (Å²) in [5.41, 5.74) is 0.292. The molecule has 3 aromatic rings. The molecule has 220 valence electrons. The molecule has 0 spiro atoms. The number of alkyl halides is 3. The number of amides is 2. The summed E-state index contributed by atoms with van der Waals surface area (Å²) in [6.45, 7) is 6.30. The molecular weight excluding hydrogens is 555 g/mol. The lowest BCUT2D eigenvalue weighted by Crippen LogP contribution is -2.52. The van der Waals surface area contributed by atoms with Crippen molar-refractivity contribution in [2.24, 2.45) is 0 Å². The van der Waals surface area contributed by atoms with E-state index in [4.69, 9.17) is 0 Å². The molecule has 3 rings (SSSR count). The van der Waals surface area contributed by atoms with E-state index in [9.17, 15) is 31.2 Å². The third-order valence-corrected chi connectivity index (χ3v) is 8.50. The van der Waals surface area contributed by atoms with E-state index in [1.54, 1.807) is 18.2 Å². The molecule has 1 N–H and O–H groups in total. The Morgan fingerprint density at radius 3 is 2.15 bits per heavy atom. The first-order chi connectivity index (χ1) is 19.2. The van der Waals surface area contributed by atoms with Crippen LogP contribution in [-0.4, -0.2) is 43.8 Å². The molecule has 0 aliphatic carbocycles. The molecule has 0 aliphatic heterocycles. The van der Waals surface area contributed by atoms with Crippen LogP contribution >= 0.6 is 0 Å². The minimum absolute atomic E-state index is 0.0178. The summed E-state index contributed by atoms with van der Waals surface area (Å²) in [5, 5.41) is 2.84. The number of sulfonamides is 1. The van der Waals surface area contributed by atoms with Gasteiger partial charge in [-0.05, 0) is 63.1 Å². The maximum Gasteiger partial charge on any atom is 0.416 e. The van der Waals surface area contributed by atoms with Gasteiger partial charge in [-0.1, -0.05) is 61.0 Å². The van der Waals surface area contributed by atoms with E-state index in [1.165, 1.54) is 42.2 Å². The van der Waals surface area contributed by atoms with Crippen LogP contribution in [0.2, 0.25) is 0 Å². The Hall–Kier alpha value is -3.86. The maximum atomic E-state index is 13.9. The van der Waals surface area contributed by atoms with Crippen molar-refractivity contribution in [1.29, 1.82) is 0 Å². The fourth-order valence-electron chi connectivity index (χ4n) is 4.02.